The van der Waals surface area contributed by atoms with E-state index in [-0.39, 0.29) is 30.2 Å². The molecule has 0 bridgehead atoms. The van der Waals surface area contributed by atoms with Crippen molar-refractivity contribution in [3.63, 3.8) is 0 Å². The van der Waals surface area contributed by atoms with Crippen molar-refractivity contribution in [3.8, 4) is 0 Å². The summed E-state index contributed by atoms with van der Waals surface area (Å²) in [5.74, 6) is 1.38. The summed E-state index contributed by atoms with van der Waals surface area (Å²) in [6.45, 7) is 10.7. The van der Waals surface area contributed by atoms with E-state index in [2.05, 4.69) is 82.6 Å². The van der Waals surface area contributed by atoms with Crippen LogP contribution in [0.3, 0.4) is 0 Å². The molecular weight excluding hydrogens is 410 g/mol. The van der Waals surface area contributed by atoms with Gasteiger partial charge in [-0.2, -0.15) is 0 Å². The second-order valence-corrected chi connectivity index (χ2v) is 9.94. The Kier molecular flexibility index (Phi) is 6.56. The highest BCUT2D eigenvalue weighted by Crippen LogP contribution is 2.35. The van der Waals surface area contributed by atoms with E-state index in [4.69, 9.17) is 19.5 Å². The van der Waals surface area contributed by atoms with Gasteiger partial charge in [0.05, 0.1) is 0 Å². The first kappa shape index (κ1) is 21.5. The topological polar surface area (TPSA) is 43.2 Å². The average molecular weight is 440 g/mol. The van der Waals surface area contributed by atoms with E-state index in [0.29, 0.717) is 0 Å². The number of hydrogen-bond acceptors (Lipinski definition) is 4. The van der Waals surface area contributed by atoms with Crippen LogP contribution in [0.15, 0.2) is 58.5 Å². The van der Waals surface area contributed by atoms with Crippen molar-refractivity contribution in [3.05, 3.63) is 59.7 Å². The molecule has 0 N–H and O–H groups in total. The fourth-order valence-corrected chi connectivity index (χ4v) is 5.76. The van der Waals surface area contributed by atoms with Crippen molar-refractivity contribution in [1.29, 1.82) is 0 Å². The zero-order valence-corrected chi connectivity index (χ0v) is 20.2. The van der Waals surface area contributed by atoms with Gasteiger partial charge in [0.25, 0.3) is 0 Å². The predicted octanol–water partition coefficient (Wildman–Crippen LogP) is 4.61. The van der Waals surface area contributed by atoms with Gasteiger partial charge in [-0.05, 0) is 55.8 Å². The van der Waals surface area contributed by atoms with E-state index in [0.717, 1.165) is 29.0 Å². The van der Waals surface area contributed by atoms with Crippen LogP contribution in [0.1, 0.15) is 44.0 Å². The van der Waals surface area contributed by atoms with Gasteiger partial charge >= 0.3 is 0 Å². The fourth-order valence-electron chi connectivity index (χ4n) is 4.20. The van der Waals surface area contributed by atoms with Crippen LogP contribution >= 0.6 is 17.2 Å². The molecule has 0 saturated heterocycles. The molecule has 6 heteroatoms. The molecule has 0 radical (unpaired) electrons. The first-order valence-corrected chi connectivity index (χ1v) is 13.6. The molecule has 2 heterocycles. The largest absolute Gasteiger partial charge is 0.475 e. The second-order valence-electron chi connectivity index (χ2n) is 7.87. The Hall–Kier alpha value is -1.76. The number of hydrogen-bond donors (Lipinski definition) is 0. The number of rotatable bonds is 6. The lowest BCUT2D eigenvalue weighted by Crippen LogP contribution is -2.25. The van der Waals surface area contributed by atoms with Crippen molar-refractivity contribution in [2.75, 3.05) is 13.3 Å². The third-order valence-corrected chi connectivity index (χ3v) is 7.86. The zero-order valence-electron chi connectivity index (χ0n) is 18.2. The van der Waals surface area contributed by atoms with E-state index >= 15 is 0 Å². The third kappa shape index (κ3) is 4.05. The summed E-state index contributed by atoms with van der Waals surface area (Å²) in [7, 11) is 1.48. The molecule has 158 valence electrons. The number of nitrogens with zero attached hydrogens (tertiary/aromatic N) is 2. The molecule has 4 nitrogen and oxygen atoms in total. The predicted molar refractivity (Wildman–Crippen MR) is 131 cm³/mol. The van der Waals surface area contributed by atoms with E-state index in [1.807, 2.05) is 0 Å². The van der Waals surface area contributed by atoms with Crippen LogP contribution in [0.25, 0.3) is 0 Å². The summed E-state index contributed by atoms with van der Waals surface area (Å²) < 4.78 is 12.4. The van der Waals surface area contributed by atoms with Gasteiger partial charge in [-0.25, -0.2) is 9.98 Å². The van der Waals surface area contributed by atoms with E-state index < -0.39 is 0 Å². The van der Waals surface area contributed by atoms with Crippen LogP contribution in [0.4, 0.5) is 0 Å². The Labute approximate surface area is 183 Å². The minimum Gasteiger partial charge on any atom is -0.475 e. The molecule has 2 aliphatic rings. The van der Waals surface area contributed by atoms with Gasteiger partial charge in [0.15, 0.2) is 11.8 Å². The van der Waals surface area contributed by atoms with Gasteiger partial charge in [-0.15, -0.1) is 0 Å². The Balaban J connectivity index is 1.59. The standard InChI is InChI=1S/C24H30N2O2P2/c1-14(23-25-21(15(2)27-23)17-10-6-8-12-19(17)29-4)24-26-22(16(3)28-24)18-11-7-9-13-20(18)30-5/h6-16,21-22,29-30H,1-5H3/t14?,15?,16?,21-,22?/m0/s1. The quantitative estimate of drug-likeness (QED) is 0.616. The molecule has 0 aromatic heterocycles. The Morgan fingerprint density at radius 2 is 1.13 bits per heavy atom. The van der Waals surface area contributed by atoms with Gasteiger partial charge in [-0.3, -0.25) is 0 Å². The first-order chi connectivity index (χ1) is 14.5. The Morgan fingerprint density at radius 1 is 0.733 bits per heavy atom. The molecule has 2 aliphatic heterocycles. The van der Waals surface area contributed by atoms with E-state index in [9.17, 15) is 0 Å². The smallest absolute Gasteiger partial charge is 0.196 e. The molecule has 30 heavy (non-hydrogen) atoms. The average Bonchev–Trinajstić information content (AvgIpc) is 3.35. The van der Waals surface area contributed by atoms with Crippen LogP contribution in [0.5, 0.6) is 0 Å². The normalized spacial score (nSPS) is 27.4. The number of ether oxygens (including phenoxy) is 2. The molecule has 0 aliphatic carbocycles. The minimum atomic E-state index is -0.0858. The molecule has 2 aromatic carbocycles. The fraction of sp³-hybridized carbons (Fsp3) is 0.417. The molecular formula is C24H30N2O2P2. The molecule has 0 spiro atoms. The SMILES string of the molecule is CPc1ccccc1C1N=C(C(C)C2=N[C@H](c3ccccc3PC)C(C)O2)OC1C. The number of benzene rings is 2. The maximum Gasteiger partial charge on any atom is 0.196 e. The zero-order chi connectivity index (χ0) is 21.3. The van der Waals surface area contributed by atoms with Crippen LogP contribution in [-0.2, 0) is 9.47 Å². The molecule has 2 aromatic rings. The highest BCUT2D eigenvalue weighted by Gasteiger charge is 2.38. The third-order valence-electron chi connectivity index (χ3n) is 5.87. The first-order valence-electron chi connectivity index (χ1n) is 10.6. The lowest BCUT2D eigenvalue weighted by molar-refractivity contribution is 0.191. The van der Waals surface area contributed by atoms with Gasteiger partial charge in [0.2, 0.25) is 0 Å². The monoisotopic (exact) mass is 440 g/mol. The Morgan fingerprint density at radius 3 is 1.53 bits per heavy atom. The van der Waals surface area contributed by atoms with Gasteiger partial charge in [0, 0.05) is 0 Å². The maximum absolute atomic E-state index is 6.22. The summed E-state index contributed by atoms with van der Waals surface area (Å²) >= 11 is 0. The van der Waals surface area contributed by atoms with E-state index in [1.165, 1.54) is 21.7 Å². The molecule has 0 saturated carbocycles. The second kappa shape index (κ2) is 9.16. The van der Waals surface area contributed by atoms with Crippen LogP contribution in [-0.4, -0.2) is 37.3 Å². The summed E-state index contributed by atoms with van der Waals surface area (Å²) in [5, 5.41) is 2.71. The molecule has 0 fully saturated rings. The Bertz CT molecular complexity index is 898. The summed E-state index contributed by atoms with van der Waals surface area (Å²) in [4.78, 5) is 9.98. The molecule has 4 rings (SSSR count). The van der Waals surface area contributed by atoms with Crippen molar-refractivity contribution >= 4 is 39.6 Å². The summed E-state index contributed by atoms with van der Waals surface area (Å²) in [5.41, 5.74) is 2.54. The van der Waals surface area contributed by atoms with Crippen LogP contribution in [0.2, 0.25) is 0 Å². The highest BCUT2D eigenvalue weighted by molar-refractivity contribution is 7.46. The molecule has 7 atom stereocenters. The van der Waals surface area contributed by atoms with Gasteiger partial charge in [0.1, 0.15) is 30.2 Å². The number of aliphatic imine (C=N–C) groups is 2. The van der Waals surface area contributed by atoms with Crippen LogP contribution < -0.4 is 10.6 Å². The van der Waals surface area contributed by atoms with Crippen molar-refractivity contribution in [1.82, 2.24) is 0 Å². The van der Waals surface area contributed by atoms with Crippen molar-refractivity contribution in [2.24, 2.45) is 15.9 Å². The minimum absolute atomic E-state index is 0.0113. The van der Waals surface area contributed by atoms with Crippen molar-refractivity contribution in [2.45, 2.75) is 45.1 Å². The van der Waals surface area contributed by atoms with Crippen molar-refractivity contribution < 1.29 is 9.47 Å². The maximum atomic E-state index is 6.22. The van der Waals surface area contributed by atoms with Gasteiger partial charge in [-0.1, -0.05) is 65.7 Å². The molecule has 0 amide bonds. The van der Waals surface area contributed by atoms with Crippen LogP contribution in [0, 0.1) is 5.92 Å². The lowest BCUT2D eigenvalue weighted by Gasteiger charge is -2.17. The highest BCUT2D eigenvalue weighted by atomic mass is 31.1. The lowest BCUT2D eigenvalue weighted by atomic mass is 10.0. The summed E-state index contributed by atoms with van der Waals surface area (Å²) in [6.07, 6.45) is 0.0226. The summed E-state index contributed by atoms with van der Waals surface area (Å²) in [6, 6.07) is 17.2. The van der Waals surface area contributed by atoms with Gasteiger partial charge < -0.3 is 9.47 Å². The molecule has 6 unspecified atom stereocenters. The van der Waals surface area contributed by atoms with E-state index in [1.54, 1.807) is 0 Å².